The van der Waals surface area contributed by atoms with E-state index in [1.54, 1.807) is 7.11 Å². The van der Waals surface area contributed by atoms with E-state index in [-0.39, 0.29) is 6.03 Å². The molecule has 2 aromatic heterocycles. The zero-order chi connectivity index (χ0) is 24.2. The van der Waals surface area contributed by atoms with Crippen LogP contribution in [0.3, 0.4) is 0 Å². The molecule has 35 heavy (non-hydrogen) atoms. The van der Waals surface area contributed by atoms with Crippen molar-refractivity contribution in [1.29, 1.82) is 0 Å². The highest BCUT2D eigenvalue weighted by atomic mass is 16.5. The summed E-state index contributed by atoms with van der Waals surface area (Å²) in [6.45, 7) is 6.72. The highest BCUT2D eigenvalue weighted by Crippen LogP contribution is 2.25. The summed E-state index contributed by atoms with van der Waals surface area (Å²) in [5.41, 5.74) is 4.80. The normalized spacial score (nSPS) is 14.3. The van der Waals surface area contributed by atoms with Gasteiger partial charge in [-0.15, -0.1) is 0 Å². The van der Waals surface area contributed by atoms with Crippen LogP contribution in [0.2, 0.25) is 0 Å². The molecule has 1 aliphatic rings. The van der Waals surface area contributed by atoms with E-state index in [1.807, 2.05) is 47.5 Å². The molecule has 0 bridgehead atoms. The number of nitrogens with one attached hydrogen (secondary N) is 1. The molecule has 1 N–H and O–H groups in total. The number of imidazole rings is 1. The fourth-order valence-electron chi connectivity index (χ4n) is 4.45. The van der Waals surface area contributed by atoms with Crippen molar-refractivity contribution in [2.75, 3.05) is 45.2 Å². The number of rotatable bonds is 6. The minimum absolute atomic E-state index is 0.0967. The van der Waals surface area contributed by atoms with Crippen molar-refractivity contribution in [1.82, 2.24) is 24.3 Å². The Hall–Kier alpha value is -3.91. The number of benzene rings is 2. The largest absolute Gasteiger partial charge is 0.495 e. The molecule has 8 heteroatoms. The van der Waals surface area contributed by atoms with Crippen LogP contribution in [0.1, 0.15) is 5.56 Å². The van der Waals surface area contributed by atoms with Gasteiger partial charge in [-0.05, 0) is 31.2 Å². The molecule has 0 radical (unpaired) electrons. The van der Waals surface area contributed by atoms with Crippen LogP contribution >= 0.6 is 0 Å². The van der Waals surface area contributed by atoms with Crippen LogP contribution in [-0.4, -0.2) is 70.2 Å². The van der Waals surface area contributed by atoms with Gasteiger partial charge in [-0.1, -0.05) is 42.0 Å². The highest BCUT2D eigenvalue weighted by molar-refractivity contribution is 5.91. The van der Waals surface area contributed by atoms with E-state index >= 15 is 0 Å². The number of amides is 2. The van der Waals surface area contributed by atoms with Gasteiger partial charge in [-0.3, -0.25) is 4.90 Å². The van der Waals surface area contributed by atoms with Crippen molar-refractivity contribution in [2.24, 2.45) is 0 Å². The predicted molar refractivity (Wildman–Crippen MR) is 138 cm³/mol. The quantitative estimate of drug-likeness (QED) is 0.456. The lowest BCUT2D eigenvalue weighted by molar-refractivity contribution is 0.144. The minimum Gasteiger partial charge on any atom is -0.495 e. The molecule has 1 aliphatic heterocycles. The number of hydrogen-bond donors (Lipinski definition) is 1. The van der Waals surface area contributed by atoms with Crippen molar-refractivity contribution in [3.8, 4) is 17.1 Å². The SMILES string of the molecule is COc1ccccc1NC(=O)N1CCN(CCn2c(-c3ccc(C)cc3)nc3cccnc32)CC1. The third-order valence-electron chi connectivity index (χ3n) is 6.46. The Balaban J connectivity index is 1.23. The van der Waals surface area contributed by atoms with Crippen LogP contribution in [0, 0.1) is 6.92 Å². The van der Waals surface area contributed by atoms with E-state index < -0.39 is 0 Å². The van der Waals surface area contributed by atoms with Gasteiger partial charge >= 0.3 is 6.03 Å². The fraction of sp³-hybridized carbons (Fsp3) is 0.296. The second kappa shape index (κ2) is 10.1. The smallest absolute Gasteiger partial charge is 0.322 e. The standard InChI is InChI=1S/C27H30N6O2/c1-20-9-11-21(12-10-20)25-29-23-7-5-13-28-26(23)33(25)19-16-31-14-17-32(18-15-31)27(34)30-22-6-3-4-8-24(22)35-2/h3-13H,14-19H2,1-2H3,(H,30,34). The van der Waals surface area contributed by atoms with Gasteiger partial charge in [0.15, 0.2) is 5.65 Å². The minimum atomic E-state index is -0.0967. The highest BCUT2D eigenvalue weighted by Gasteiger charge is 2.22. The number of ether oxygens (including phenoxy) is 1. The molecule has 3 heterocycles. The van der Waals surface area contributed by atoms with Crippen LogP contribution in [0.4, 0.5) is 10.5 Å². The predicted octanol–water partition coefficient (Wildman–Crippen LogP) is 4.27. The number of para-hydroxylation sites is 2. The van der Waals surface area contributed by atoms with E-state index in [4.69, 9.17) is 9.72 Å². The maximum atomic E-state index is 12.8. The molecule has 180 valence electrons. The summed E-state index contributed by atoms with van der Waals surface area (Å²) < 4.78 is 7.55. The number of aromatic nitrogens is 3. The molecule has 2 aromatic carbocycles. The number of nitrogens with zero attached hydrogens (tertiary/aromatic N) is 5. The van der Waals surface area contributed by atoms with E-state index in [0.29, 0.717) is 24.5 Å². The van der Waals surface area contributed by atoms with Gasteiger partial charge in [0.1, 0.15) is 17.1 Å². The number of piperazine rings is 1. The molecule has 0 unspecified atom stereocenters. The Morgan fingerprint density at radius 1 is 0.971 bits per heavy atom. The van der Waals surface area contributed by atoms with Gasteiger partial charge < -0.3 is 19.5 Å². The van der Waals surface area contributed by atoms with Crippen LogP contribution in [0.5, 0.6) is 5.75 Å². The molecule has 0 spiro atoms. The van der Waals surface area contributed by atoms with E-state index in [0.717, 1.165) is 48.7 Å². The maximum absolute atomic E-state index is 12.8. The van der Waals surface area contributed by atoms with Crippen molar-refractivity contribution in [3.63, 3.8) is 0 Å². The van der Waals surface area contributed by atoms with E-state index in [1.165, 1.54) is 5.56 Å². The van der Waals surface area contributed by atoms with Gasteiger partial charge in [-0.2, -0.15) is 0 Å². The summed E-state index contributed by atoms with van der Waals surface area (Å²) in [4.78, 5) is 26.5. The first-order chi connectivity index (χ1) is 17.1. The van der Waals surface area contributed by atoms with Crippen LogP contribution in [-0.2, 0) is 6.54 Å². The number of pyridine rings is 1. The first-order valence-corrected chi connectivity index (χ1v) is 11.9. The third kappa shape index (κ3) is 4.97. The maximum Gasteiger partial charge on any atom is 0.322 e. The lowest BCUT2D eigenvalue weighted by Crippen LogP contribution is -2.50. The first-order valence-electron chi connectivity index (χ1n) is 11.9. The number of fused-ring (bicyclic) bond motifs is 1. The average molecular weight is 471 g/mol. The van der Waals surface area contributed by atoms with Crippen molar-refractivity contribution >= 4 is 22.9 Å². The molecule has 5 rings (SSSR count). The molecule has 4 aromatic rings. The molecule has 2 amide bonds. The average Bonchev–Trinajstić information content (AvgIpc) is 3.27. The number of methoxy groups -OCH3 is 1. The van der Waals surface area contributed by atoms with Gasteiger partial charge in [-0.25, -0.2) is 14.8 Å². The first kappa shape index (κ1) is 22.9. The van der Waals surface area contributed by atoms with E-state index in [2.05, 4.69) is 51.0 Å². The molecule has 8 nitrogen and oxygen atoms in total. The molecule has 0 saturated carbocycles. The monoisotopic (exact) mass is 470 g/mol. The second-order valence-corrected chi connectivity index (χ2v) is 8.76. The summed E-state index contributed by atoms with van der Waals surface area (Å²) in [6, 6.07) is 19.8. The van der Waals surface area contributed by atoms with Crippen molar-refractivity contribution in [2.45, 2.75) is 13.5 Å². The number of anilines is 1. The van der Waals surface area contributed by atoms with Crippen molar-refractivity contribution in [3.05, 3.63) is 72.4 Å². The summed E-state index contributed by atoms with van der Waals surface area (Å²) in [5.74, 6) is 1.60. The molecule has 1 saturated heterocycles. The zero-order valence-electron chi connectivity index (χ0n) is 20.1. The summed E-state index contributed by atoms with van der Waals surface area (Å²) in [5, 5.41) is 2.97. The summed E-state index contributed by atoms with van der Waals surface area (Å²) in [6.07, 6.45) is 1.82. The number of urea groups is 1. The molecular weight excluding hydrogens is 440 g/mol. The van der Waals surface area contributed by atoms with Gasteiger partial charge in [0, 0.05) is 51.0 Å². The topological polar surface area (TPSA) is 75.5 Å². The van der Waals surface area contributed by atoms with Crippen molar-refractivity contribution < 1.29 is 9.53 Å². The van der Waals surface area contributed by atoms with Gasteiger partial charge in [0.25, 0.3) is 0 Å². The Morgan fingerprint density at radius 3 is 2.51 bits per heavy atom. The Bertz CT molecular complexity index is 1310. The molecular formula is C27H30N6O2. The lowest BCUT2D eigenvalue weighted by atomic mass is 10.1. The third-order valence-corrected chi connectivity index (χ3v) is 6.46. The van der Waals surface area contributed by atoms with E-state index in [9.17, 15) is 4.79 Å². The Morgan fingerprint density at radius 2 is 1.74 bits per heavy atom. The van der Waals surface area contributed by atoms with Crippen LogP contribution in [0.25, 0.3) is 22.6 Å². The molecule has 0 atom stereocenters. The second-order valence-electron chi connectivity index (χ2n) is 8.76. The van der Waals surface area contributed by atoms with Gasteiger partial charge in [0.05, 0.1) is 12.8 Å². The Labute approximate surface area is 205 Å². The Kier molecular flexibility index (Phi) is 6.63. The fourth-order valence-corrected chi connectivity index (χ4v) is 4.45. The number of aryl methyl sites for hydroxylation is 1. The summed E-state index contributed by atoms with van der Waals surface area (Å²) in [7, 11) is 1.60. The van der Waals surface area contributed by atoms with Crippen LogP contribution in [0.15, 0.2) is 66.9 Å². The van der Waals surface area contributed by atoms with Gasteiger partial charge in [0.2, 0.25) is 0 Å². The lowest BCUT2D eigenvalue weighted by Gasteiger charge is -2.34. The number of carbonyl (C=O) groups excluding carboxylic acids is 1. The summed E-state index contributed by atoms with van der Waals surface area (Å²) >= 11 is 0. The van der Waals surface area contributed by atoms with Crippen LogP contribution < -0.4 is 10.1 Å². The number of carbonyl (C=O) groups is 1. The zero-order valence-corrected chi connectivity index (χ0v) is 20.1. The molecule has 1 fully saturated rings. The number of hydrogen-bond acceptors (Lipinski definition) is 5. The molecule has 0 aliphatic carbocycles.